The van der Waals surface area contributed by atoms with Gasteiger partial charge in [0.15, 0.2) is 0 Å². The largest absolute Gasteiger partial charge is 0.459 e. The lowest BCUT2D eigenvalue weighted by molar-refractivity contribution is -0.144. The fourth-order valence-corrected chi connectivity index (χ4v) is 2.06. The normalized spacial score (nSPS) is 27.4. The van der Waals surface area contributed by atoms with Crippen molar-refractivity contribution in [1.29, 1.82) is 0 Å². The van der Waals surface area contributed by atoms with Crippen molar-refractivity contribution in [3.8, 4) is 0 Å². The van der Waals surface area contributed by atoms with E-state index in [1.165, 1.54) is 0 Å². The third kappa shape index (κ3) is 4.04. The highest BCUT2D eigenvalue weighted by Gasteiger charge is 2.25. The molecule has 0 bridgehead atoms. The van der Waals surface area contributed by atoms with Gasteiger partial charge in [-0.3, -0.25) is 0 Å². The molecule has 1 N–H and O–H groups in total. The van der Waals surface area contributed by atoms with E-state index in [2.05, 4.69) is 6.58 Å². The molecule has 86 valence electrons. The number of esters is 1. The maximum absolute atomic E-state index is 11.2. The first-order valence-electron chi connectivity index (χ1n) is 5.53. The lowest BCUT2D eigenvalue weighted by Gasteiger charge is -2.17. The predicted molar refractivity (Wildman–Crippen MR) is 58.3 cm³/mol. The van der Waals surface area contributed by atoms with Gasteiger partial charge >= 0.3 is 5.97 Å². The third-order valence-corrected chi connectivity index (χ3v) is 2.84. The van der Waals surface area contributed by atoms with Crippen molar-refractivity contribution in [2.45, 2.75) is 51.7 Å². The van der Waals surface area contributed by atoms with Crippen LogP contribution in [0.5, 0.6) is 0 Å². The Morgan fingerprint density at radius 1 is 1.60 bits per heavy atom. The van der Waals surface area contributed by atoms with Gasteiger partial charge < -0.3 is 9.84 Å². The minimum absolute atomic E-state index is 0.0792. The van der Waals surface area contributed by atoms with Gasteiger partial charge in [-0.25, -0.2) is 4.79 Å². The minimum atomic E-state index is -0.318. The number of ether oxygens (including phenoxy) is 1. The summed E-state index contributed by atoms with van der Waals surface area (Å²) in [6, 6.07) is 0. The summed E-state index contributed by atoms with van der Waals surface area (Å²) in [4.78, 5) is 11.2. The van der Waals surface area contributed by atoms with E-state index in [0.717, 1.165) is 25.7 Å². The molecular weight excluding hydrogens is 192 g/mol. The Kier molecular flexibility index (Phi) is 4.33. The van der Waals surface area contributed by atoms with Crippen LogP contribution in [0.3, 0.4) is 0 Å². The van der Waals surface area contributed by atoms with Crippen LogP contribution in [0.15, 0.2) is 12.2 Å². The lowest BCUT2D eigenvalue weighted by atomic mass is 10.0. The summed E-state index contributed by atoms with van der Waals surface area (Å²) in [5.41, 5.74) is 0.438. The summed E-state index contributed by atoms with van der Waals surface area (Å²) < 4.78 is 5.19. The number of aliphatic hydroxyl groups excluding tert-OH is 1. The number of carbonyl (C=O) groups is 1. The van der Waals surface area contributed by atoms with E-state index < -0.39 is 0 Å². The summed E-state index contributed by atoms with van der Waals surface area (Å²) >= 11 is 0. The molecule has 3 unspecified atom stereocenters. The molecule has 0 saturated heterocycles. The molecule has 0 aromatic heterocycles. The quantitative estimate of drug-likeness (QED) is 0.573. The molecule has 3 nitrogen and oxygen atoms in total. The van der Waals surface area contributed by atoms with Crippen LogP contribution in [-0.2, 0) is 9.53 Å². The molecule has 1 saturated carbocycles. The standard InChI is InChI=1S/C12H20O3/c1-8(2)12(14)15-9(3)6-10-4-5-11(13)7-10/h9-11,13H,1,4-7H2,2-3H3. The molecule has 0 spiro atoms. The average Bonchev–Trinajstić information content (AvgIpc) is 2.50. The number of aliphatic hydroxyl groups is 1. The molecule has 0 aromatic rings. The Morgan fingerprint density at radius 2 is 2.27 bits per heavy atom. The van der Waals surface area contributed by atoms with E-state index in [1.807, 2.05) is 6.92 Å². The molecule has 0 heterocycles. The van der Waals surface area contributed by atoms with E-state index >= 15 is 0 Å². The first-order valence-corrected chi connectivity index (χ1v) is 5.53. The van der Waals surface area contributed by atoms with Crippen molar-refractivity contribution in [2.75, 3.05) is 0 Å². The Hall–Kier alpha value is -0.830. The molecule has 0 aliphatic heterocycles. The topological polar surface area (TPSA) is 46.5 Å². The van der Waals surface area contributed by atoms with Crippen molar-refractivity contribution < 1.29 is 14.6 Å². The number of rotatable bonds is 4. The van der Waals surface area contributed by atoms with Gasteiger partial charge in [-0.1, -0.05) is 6.58 Å². The van der Waals surface area contributed by atoms with Crippen LogP contribution < -0.4 is 0 Å². The minimum Gasteiger partial charge on any atom is -0.459 e. The molecule has 1 rings (SSSR count). The van der Waals surface area contributed by atoms with Gasteiger partial charge in [0.2, 0.25) is 0 Å². The number of carbonyl (C=O) groups excluding carboxylic acids is 1. The number of hydrogen-bond donors (Lipinski definition) is 1. The highest BCUT2D eigenvalue weighted by molar-refractivity contribution is 5.87. The molecule has 3 atom stereocenters. The molecule has 0 radical (unpaired) electrons. The van der Waals surface area contributed by atoms with Crippen LogP contribution in [0.1, 0.15) is 39.5 Å². The predicted octanol–water partition coefficient (Wildman–Crippen LogP) is 2.05. The summed E-state index contributed by atoms with van der Waals surface area (Å²) in [5, 5.41) is 9.36. The summed E-state index contributed by atoms with van der Waals surface area (Å²) in [6.45, 7) is 7.08. The van der Waals surface area contributed by atoms with Crippen molar-refractivity contribution in [1.82, 2.24) is 0 Å². The molecule has 1 aliphatic carbocycles. The van der Waals surface area contributed by atoms with Crippen LogP contribution in [0.25, 0.3) is 0 Å². The van der Waals surface area contributed by atoms with Crippen LogP contribution in [-0.4, -0.2) is 23.3 Å². The van der Waals surface area contributed by atoms with Crippen LogP contribution >= 0.6 is 0 Å². The second-order valence-corrected chi connectivity index (χ2v) is 4.56. The van der Waals surface area contributed by atoms with Gasteiger partial charge in [0.1, 0.15) is 0 Å². The zero-order chi connectivity index (χ0) is 11.4. The highest BCUT2D eigenvalue weighted by Crippen LogP contribution is 2.29. The molecule has 0 amide bonds. The van der Waals surface area contributed by atoms with Crippen molar-refractivity contribution in [3.63, 3.8) is 0 Å². The van der Waals surface area contributed by atoms with Crippen LogP contribution in [0.2, 0.25) is 0 Å². The molecular formula is C12H20O3. The first kappa shape index (κ1) is 12.2. The molecule has 15 heavy (non-hydrogen) atoms. The Morgan fingerprint density at radius 3 is 2.73 bits per heavy atom. The highest BCUT2D eigenvalue weighted by atomic mass is 16.5. The maximum atomic E-state index is 11.2. The van der Waals surface area contributed by atoms with E-state index in [4.69, 9.17) is 4.74 Å². The fraction of sp³-hybridized carbons (Fsp3) is 0.750. The zero-order valence-corrected chi connectivity index (χ0v) is 9.53. The lowest BCUT2D eigenvalue weighted by Crippen LogP contribution is -2.18. The van der Waals surface area contributed by atoms with Gasteiger partial charge in [0, 0.05) is 5.57 Å². The fourth-order valence-electron chi connectivity index (χ4n) is 2.06. The monoisotopic (exact) mass is 212 g/mol. The Balaban J connectivity index is 2.27. The van der Waals surface area contributed by atoms with Crippen molar-refractivity contribution in [3.05, 3.63) is 12.2 Å². The van der Waals surface area contributed by atoms with Crippen LogP contribution in [0.4, 0.5) is 0 Å². The summed E-state index contributed by atoms with van der Waals surface area (Å²) in [6.07, 6.45) is 3.37. The summed E-state index contributed by atoms with van der Waals surface area (Å²) in [7, 11) is 0. The van der Waals surface area contributed by atoms with Gasteiger partial charge in [-0.2, -0.15) is 0 Å². The second-order valence-electron chi connectivity index (χ2n) is 4.56. The molecule has 1 fully saturated rings. The Bertz CT molecular complexity index is 247. The van der Waals surface area contributed by atoms with Gasteiger partial charge in [-0.05, 0) is 45.4 Å². The maximum Gasteiger partial charge on any atom is 0.333 e. The molecule has 1 aliphatic rings. The molecule has 0 aromatic carbocycles. The van der Waals surface area contributed by atoms with Crippen molar-refractivity contribution >= 4 is 5.97 Å². The SMILES string of the molecule is C=C(C)C(=O)OC(C)CC1CCC(O)C1. The third-order valence-electron chi connectivity index (χ3n) is 2.84. The smallest absolute Gasteiger partial charge is 0.333 e. The Labute approximate surface area is 91.1 Å². The van der Waals surface area contributed by atoms with Crippen LogP contribution in [0, 0.1) is 5.92 Å². The molecule has 3 heteroatoms. The van der Waals surface area contributed by atoms with E-state index in [9.17, 15) is 9.90 Å². The average molecular weight is 212 g/mol. The van der Waals surface area contributed by atoms with E-state index in [-0.39, 0.29) is 18.2 Å². The van der Waals surface area contributed by atoms with Crippen molar-refractivity contribution in [2.24, 2.45) is 5.92 Å². The van der Waals surface area contributed by atoms with E-state index in [0.29, 0.717) is 11.5 Å². The number of hydrogen-bond acceptors (Lipinski definition) is 3. The van der Waals surface area contributed by atoms with Gasteiger partial charge in [0.05, 0.1) is 12.2 Å². The summed E-state index contributed by atoms with van der Waals surface area (Å²) in [5.74, 6) is 0.175. The first-order chi connectivity index (χ1) is 6.99. The van der Waals surface area contributed by atoms with Gasteiger partial charge in [0.25, 0.3) is 0 Å². The zero-order valence-electron chi connectivity index (χ0n) is 9.53. The second kappa shape index (κ2) is 5.31. The van der Waals surface area contributed by atoms with E-state index in [1.54, 1.807) is 6.92 Å². The van der Waals surface area contributed by atoms with Gasteiger partial charge in [-0.15, -0.1) is 0 Å².